The molecule has 8 heteroatoms. The molecule has 0 spiro atoms. The summed E-state index contributed by atoms with van der Waals surface area (Å²) < 4.78 is 6.05. The molecule has 0 bridgehead atoms. The predicted molar refractivity (Wildman–Crippen MR) is 105 cm³/mol. The van der Waals surface area contributed by atoms with Crippen molar-refractivity contribution in [2.75, 3.05) is 38.2 Å². The van der Waals surface area contributed by atoms with Gasteiger partial charge in [-0.3, -0.25) is 9.59 Å². The van der Waals surface area contributed by atoms with Crippen LogP contribution >= 0.6 is 15.9 Å². The molecular weight excluding hydrogens is 412 g/mol. The molecule has 0 saturated carbocycles. The van der Waals surface area contributed by atoms with Crippen LogP contribution in [0.2, 0.25) is 0 Å². The number of carbonyl (C=O) groups is 2. The molecule has 1 amide bonds. The zero-order valence-electron chi connectivity index (χ0n) is 15.1. The van der Waals surface area contributed by atoms with Gasteiger partial charge in [-0.2, -0.15) is 0 Å². The number of ether oxygens (including phenoxy) is 1. The molecule has 2 aromatic rings. The number of halogens is 1. The number of nitrogens with zero attached hydrogens (tertiary/aromatic N) is 4. The number of piperazine rings is 1. The van der Waals surface area contributed by atoms with Gasteiger partial charge in [-0.1, -0.05) is 15.9 Å². The maximum atomic E-state index is 12.5. The number of hydrogen-bond donors (Lipinski definition) is 0. The second-order valence-electron chi connectivity index (χ2n) is 6.18. The van der Waals surface area contributed by atoms with Crippen LogP contribution in [-0.2, 0) is 4.79 Å². The van der Waals surface area contributed by atoms with Gasteiger partial charge in [0, 0.05) is 55.9 Å². The first-order valence-electron chi connectivity index (χ1n) is 8.75. The summed E-state index contributed by atoms with van der Waals surface area (Å²) in [6.45, 7) is 2.57. The van der Waals surface area contributed by atoms with Crippen molar-refractivity contribution < 1.29 is 14.3 Å². The van der Waals surface area contributed by atoms with Crippen molar-refractivity contribution in [3.8, 4) is 5.75 Å². The van der Waals surface area contributed by atoms with Gasteiger partial charge in [0.1, 0.15) is 5.75 Å². The molecule has 7 nitrogen and oxygen atoms in total. The Balaban J connectivity index is 1.52. The van der Waals surface area contributed by atoms with Crippen molar-refractivity contribution >= 4 is 33.6 Å². The summed E-state index contributed by atoms with van der Waals surface area (Å²) in [6, 6.07) is 7.06. The summed E-state index contributed by atoms with van der Waals surface area (Å²) in [5.74, 6) is 1.09. The predicted octanol–water partition coefficient (Wildman–Crippen LogP) is 2.56. The van der Waals surface area contributed by atoms with Gasteiger partial charge in [-0.05, 0) is 24.3 Å². The normalized spacial score (nSPS) is 14.1. The van der Waals surface area contributed by atoms with Crippen LogP contribution in [0.1, 0.15) is 23.2 Å². The number of methoxy groups -OCH3 is 1. The highest BCUT2D eigenvalue weighted by atomic mass is 79.9. The van der Waals surface area contributed by atoms with E-state index in [1.807, 2.05) is 6.07 Å². The Kier molecular flexibility index (Phi) is 6.39. The number of Topliss-reactive ketones (excluding diaryl/α,β-unsaturated/α-hetero) is 1. The standard InChI is InChI=1S/C19H21BrN4O3/c1-27-17-5-3-14(20)13-15(17)16(25)4-6-18(26)23-9-11-24(12-10-23)19-21-7-2-8-22-19/h2-3,5,7-8,13H,4,6,9-12H2,1H3. The Morgan fingerprint density at radius 3 is 2.48 bits per heavy atom. The summed E-state index contributed by atoms with van der Waals surface area (Å²) in [4.78, 5) is 37.3. The van der Waals surface area contributed by atoms with Crippen molar-refractivity contribution in [1.29, 1.82) is 0 Å². The SMILES string of the molecule is COc1ccc(Br)cc1C(=O)CCC(=O)N1CCN(c2ncccn2)CC1. The topological polar surface area (TPSA) is 75.6 Å². The molecule has 1 aliphatic heterocycles. The number of aromatic nitrogens is 2. The van der Waals surface area contributed by atoms with Crippen LogP contribution in [0, 0.1) is 0 Å². The van der Waals surface area contributed by atoms with Crippen molar-refractivity contribution in [1.82, 2.24) is 14.9 Å². The zero-order chi connectivity index (χ0) is 19.2. The van der Waals surface area contributed by atoms with E-state index in [2.05, 4.69) is 30.8 Å². The lowest BCUT2D eigenvalue weighted by atomic mass is 10.0. The molecule has 0 aliphatic carbocycles. The van der Waals surface area contributed by atoms with Crippen molar-refractivity contribution in [2.24, 2.45) is 0 Å². The van der Waals surface area contributed by atoms with Gasteiger partial charge in [-0.25, -0.2) is 9.97 Å². The molecule has 0 atom stereocenters. The number of ketones is 1. The van der Waals surface area contributed by atoms with E-state index in [0.717, 1.165) is 4.47 Å². The first-order chi connectivity index (χ1) is 13.1. The van der Waals surface area contributed by atoms with Gasteiger partial charge in [0.05, 0.1) is 12.7 Å². The maximum Gasteiger partial charge on any atom is 0.225 e. The largest absolute Gasteiger partial charge is 0.496 e. The third-order valence-corrected chi connectivity index (χ3v) is 4.99. The number of rotatable bonds is 6. The highest BCUT2D eigenvalue weighted by Crippen LogP contribution is 2.24. The number of anilines is 1. The second-order valence-corrected chi connectivity index (χ2v) is 7.10. The molecule has 1 fully saturated rings. The lowest BCUT2D eigenvalue weighted by molar-refractivity contribution is -0.131. The summed E-state index contributed by atoms with van der Waals surface area (Å²) in [5, 5.41) is 0. The van der Waals surface area contributed by atoms with Gasteiger partial charge in [0.15, 0.2) is 5.78 Å². The molecule has 0 N–H and O–H groups in total. The maximum absolute atomic E-state index is 12.5. The average molecular weight is 433 g/mol. The van der Waals surface area contributed by atoms with E-state index in [4.69, 9.17) is 4.74 Å². The smallest absolute Gasteiger partial charge is 0.225 e. The van der Waals surface area contributed by atoms with Crippen LogP contribution < -0.4 is 9.64 Å². The zero-order valence-corrected chi connectivity index (χ0v) is 16.7. The summed E-state index contributed by atoms with van der Waals surface area (Å²) in [5.41, 5.74) is 0.491. The Labute approximate surface area is 166 Å². The Bertz CT molecular complexity index is 808. The first-order valence-corrected chi connectivity index (χ1v) is 9.54. The highest BCUT2D eigenvalue weighted by Gasteiger charge is 2.23. The molecule has 142 valence electrons. The van der Waals surface area contributed by atoms with E-state index >= 15 is 0 Å². The van der Waals surface area contributed by atoms with Crippen LogP contribution in [0.15, 0.2) is 41.1 Å². The fourth-order valence-corrected chi connectivity index (χ4v) is 3.38. The Morgan fingerprint density at radius 1 is 1.11 bits per heavy atom. The van der Waals surface area contributed by atoms with E-state index < -0.39 is 0 Å². The highest BCUT2D eigenvalue weighted by molar-refractivity contribution is 9.10. The van der Waals surface area contributed by atoms with Gasteiger partial charge in [0.25, 0.3) is 0 Å². The minimum Gasteiger partial charge on any atom is -0.496 e. The van der Waals surface area contributed by atoms with E-state index in [1.165, 1.54) is 7.11 Å². The number of carbonyl (C=O) groups excluding carboxylic acids is 2. The third kappa shape index (κ3) is 4.82. The molecule has 1 aromatic heterocycles. The lowest BCUT2D eigenvalue weighted by Gasteiger charge is -2.34. The van der Waals surface area contributed by atoms with E-state index in [1.54, 1.807) is 35.5 Å². The second kappa shape index (κ2) is 8.94. The summed E-state index contributed by atoms with van der Waals surface area (Å²) in [6.07, 6.45) is 3.77. The summed E-state index contributed by atoms with van der Waals surface area (Å²) >= 11 is 3.36. The number of amides is 1. The van der Waals surface area contributed by atoms with E-state index in [-0.39, 0.29) is 24.5 Å². The number of hydrogen-bond acceptors (Lipinski definition) is 6. The van der Waals surface area contributed by atoms with Crippen LogP contribution in [0.3, 0.4) is 0 Å². The molecular formula is C19H21BrN4O3. The van der Waals surface area contributed by atoms with Crippen LogP contribution in [0.4, 0.5) is 5.95 Å². The molecule has 0 radical (unpaired) electrons. The first kappa shape index (κ1) is 19.3. The van der Waals surface area contributed by atoms with Gasteiger partial charge >= 0.3 is 0 Å². The van der Waals surface area contributed by atoms with Gasteiger partial charge in [0.2, 0.25) is 11.9 Å². The lowest BCUT2D eigenvalue weighted by Crippen LogP contribution is -2.49. The quantitative estimate of drug-likeness (QED) is 0.652. The fourth-order valence-electron chi connectivity index (χ4n) is 3.02. The van der Waals surface area contributed by atoms with E-state index in [9.17, 15) is 9.59 Å². The van der Waals surface area contributed by atoms with Crippen LogP contribution in [0.25, 0.3) is 0 Å². The van der Waals surface area contributed by atoms with Gasteiger partial charge < -0.3 is 14.5 Å². The molecule has 27 heavy (non-hydrogen) atoms. The molecule has 1 aromatic carbocycles. The van der Waals surface area contributed by atoms with Crippen molar-refractivity contribution in [3.05, 3.63) is 46.7 Å². The van der Waals surface area contributed by atoms with E-state index in [0.29, 0.717) is 43.4 Å². The van der Waals surface area contributed by atoms with Gasteiger partial charge in [-0.15, -0.1) is 0 Å². The third-order valence-electron chi connectivity index (χ3n) is 4.50. The molecule has 1 saturated heterocycles. The minimum atomic E-state index is -0.0992. The van der Waals surface area contributed by atoms with Crippen molar-refractivity contribution in [3.63, 3.8) is 0 Å². The average Bonchev–Trinajstić information content (AvgIpc) is 2.72. The summed E-state index contributed by atoms with van der Waals surface area (Å²) in [7, 11) is 1.53. The molecule has 0 unspecified atom stereocenters. The van der Waals surface area contributed by atoms with Crippen LogP contribution in [-0.4, -0.2) is 59.8 Å². The number of benzene rings is 1. The molecule has 2 heterocycles. The van der Waals surface area contributed by atoms with Crippen molar-refractivity contribution in [2.45, 2.75) is 12.8 Å². The molecule has 1 aliphatic rings. The Morgan fingerprint density at radius 2 is 1.81 bits per heavy atom. The molecule has 3 rings (SSSR count). The van der Waals surface area contributed by atoms with Crippen LogP contribution in [0.5, 0.6) is 5.75 Å². The monoisotopic (exact) mass is 432 g/mol. The fraction of sp³-hybridized carbons (Fsp3) is 0.368. The Hall–Kier alpha value is -2.48. The minimum absolute atomic E-state index is 0.00839.